The molecule has 0 saturated heterocycles. The fourth-order valence-electron chi connectivity index (χ4n) is 1.50. The molecule has 0 atom stereocenters. The maximum atomic E-state index is 11.8. The molecule has 1 amide bonds. The number of aromatic nitrogens is 2. The van der Waals surface area contributed by atoms with Crippen molar-refractivity contribution in [2.45, 2.75) is 6.92 Å². The van der Waals surface area contributed by atoms with Crippen LogP contribution in [0, 0.1) is 6.92 Å². The molecular formula is C12H11N3O3. The molecular weight excluding hydrogens is 234 g/mol. The molecule has 3 N–H and O–H groups in total. The zero-order valence-electron chi connectivity index (χ0n) is 9.60. The normalized spacial score (nSPS) is 10.1. The number of amides is 1. The number of nitrogens with zero attached hydrogens (tertiary/aromatic N) is 1. The predicted molar refractivity (Wildman–Crippen MR) is 64.7 cm³/mol. The number of para-hydroxylation sites is 1. The summed E-state index contributed by atoms with van der Waals surface area (Å²) < 4.78 is 0. The van der Waals surface area contributed by atoms with Crippen LogP contribution in [-0.4, -0.2) is 27.0 Å². The van der Waals surface area contributed by atoms with Crippen LogP contribution in [0.1, 0.15) is 26.7 Å². The van der Waals surface area contributed by atoms with Gasteiger partial charge in [0.2, 0.25) is 0 Å². The number of aryl methyl sites for hydroxylation is 1. The van der Waals surface area contributed by atoms with E-state index in [-0.39, 0.29) is 16.9 Å². The summed E-state index contributed by atoms with van der Waals surface area (Å²) in [6.45, 7) is 1.72. The molecule has 0 spiro atoms. The molecule has 6 nitrogen and oxygen atoms in total. The monoisotopic (exact) mass is 245 g/mol. The van der Waals surface area contributed by atoms with Gasteiger partial charge in [0.25, 0.3) is 5.91 Å². The van der Waals surface area contributed by atoms with Gasteiger partial charge in [-0.25, -0.2) is 9.78 Å². The molecule has 0 saturated carbocycles. The second-order valence-corrected chi connectivity index (χ2v) is 3.69. The minimum atomic E-state index is -1.09. The van der Waals surface area contributed by atoms with Crippen LogP contribution in [0.15, 0.2) is 30.5 Å². The lowest BCUT2D eigenvalue weighted by Gasteiger charge is -2.06. The quantitative estimate of drug-likeness (QED) is 0.766. The van der Waals surface area contributed by atoms with Crippen LogP contribution >= 0.6 is 0 Å². The Hall–Kier alpha value is -2.63. The van der Waals surface area contributed by atoms with Gasteiger partial charge in [-0.1, -0.05) is 12.1 Å². The Morgan fingerprint density at radius 3 is 2.67 bits per heavy atom. The van der Waals surface area contributed by atoms with E-state index in [0.717, 1.165) is 0 Å². The number of nitrogens with one attached hydrogen (secondary N) is 2. The number of carboxylic acid groups (broad SMARTS) is 1. The van der Waals surface area contributed by atoms with Gasteiger partial charge in [-0.05, 0) is 19.1 Å². The lowest BCUT2D eigenvalue weighted by molar-refractivity contribution is 0.0698. The summed E-state index contributed by atoms with van der Waals surface area (Å²) in [6, 6.07) is 6.21. The smallest absolute Gasteiger partial charge is 0.337 e. The number of carbonyl (C=O) groups is 2. The largest absolute Gasteiger partial charge is 0.478 e. The number of imidazole rings is 1. The number of anilines is 1. The number of H-pyrrole nitrogens is 1. The van der Waals surface area contributed by atoms with E-state index in [1.165, 1.54) is 18.3 Å². The van der Waals surface area contributed by atoms with Crippen molar-refractivity contribution in [3.05, 3.63) is 47.5 Å². The average molecular weight is 245 g/mol. The molecule has 2 aromatic rings. The van der Waals surface area contributed by atoms with E-state index in [4.69, 9.17) is 5.11 Å². The molecule has 1 aromatic heterocycles. The Labute approximate surface area is 103 Å². The second-order valence-electron chi connectivity index (χ2n) is 3.69. The average Bonchev–Trinajstić information content (AvgIpc) is 2.76. The standard InChI is InChI=1S/C12H11N3O3/c1-7-13-6-10(14-7)11(16)15-9-5-3-2-4-8(9)12(17)18/h2-6H,1H3,(H,13,14)(H,15,16)(H,17,18). The molecule has 0 radical (unpaired) electrons. The third kappa shape index (κ3) is 2.37. The Bertz CT molecular complexity index is 604. The van der Waals surface area contributed by atoms with Crippen LogP contribution in [0.2, 0.25) is 0 Å². The van der Waals surface area contributed by atoms with E-state index < -0.39 is 11.9 Å². The van der Waals surface area contributed by atoms with Gasteiger partial charge in [-0.3, -0.25) is 4.79 Å². The highest BCUT2D eigenvalue weighted by Crippen LogP contribution is 2.15. The molecule has 0 fully saturated rings. The summed E-state index contributed by atoms with van der Waals surface area (Å²) in [5, 5.41) is 11.5. The SMILES string of the molecule is Cc1ncc(C(=O)Nc2ccccc2C(=O)O)[nH]1. The second kappa shape index (κ2) is 4.70. The number of aromatic carboxylic acids is 1. The number of rotatable bonds is 3. The Balaban J connectivity index is 2.24. The minimum absolute atomic E-state index is 0.0436. The third-order valence-corrected chi connectivity index (χ3v) is 2.35. The van der Waals surface area contributed by atoms with E-state index >= 15 is 0 Å². The van der Waals surface area contributed by atoms with Crippen molar-refractivity contribution >= 4 is 17.6 Å². The van der Waals surface area contributed by atoms with Gasteiger partial charge >= 0.3 is 5.97 Å². The van der Waals surface area contributed by atoms with Crippen molar-refractivity contribution in [3.63, 3.8) is 0 Å². The molecule has 1 aromatic carbocycles. The molecule has 18 heavy (non-hydrogen) atoms. The van der Waals surface area contributed by atoms with Gasteiger partial charge < -0.3 is 15.4 Å². The highest BCUT2D eigenvalue weighted by molar-refractivity contribution is 6.06. The summed E-state index contributed by atoms with van der Waals surface area (Å²) in [5.74, 6) is -0.900. The lowest BCUT2D eigenvalue weighted by atomic mass is 10.2. The summed E-state index contributed by atoms with van der Waals surface area (Å²) >= 11 is 0. The first-order valence-corrected chi connectivity index (χ1v) is 5.23. The molecule has 6 heteroatoms. The van der Waals surface area contributed by atoms with Gasteiger partial charge in [0.05, 0.1) is 17.4 Å². The van der Waals surface area contributed by atoms with Crippen LogP contribution in [-0.2, 0) is 0 Å². The number of aromatic amines is 1. The van der Waals surface area contributed by atoms with E-state index in [0.29, 0.717) is 5.82 Å². The van der Waals surface area contributed by atoms with E-state index in [9.17, 15) is 9.59 Å². The van der Waals surface area contributed by atoms with Crippen LogP contribution in [0.4, 0.5) is 5.69 Å². The van der Waals surface area contributed by atoms with Crippen molar-refractivity contribution in [3.8, 4) is 0 Å². The van der Waals surface area contributed by atoms with E-state index in [1.807, 2.05) is 0 Å². The first-order chi connectivity index (χ1) is 8.58. The Morgan fingerprint density at radius 1 is 1.33 bits per heavy atom. The van der Waals surface area contributed by atoms with Gasteiger partial charge in [0, 0.05) is 0 Å². The van der Waals surface area contributed by atoms with Gasteiger partial charge in [0.1, 0.15) is 11.5 Å². The zero-order chi connectivity index (χ0) is 13.1. The summed E-state index contributed by atoms with van der Waals surface area (Å²) in [4.78, 5) is 29.5. The first-order valence-electron chi connectivity index (χ1n) is 5.23. The van der Waals surface area contributed by atoms with Crippen LogP contribution in [0.3, 0.4) is 0 Å². The van der Waals surface area contributed by atoms with Crippen molar-refractivity contribution in [2.24, 2.45) is 0 Å². The number of hydrogen-bond acceptors (Lipinski definition) is 3. The molecule has 0 aliphatic carbocycles. The molecule has 2 rings (SSSR count). The maximum absolute atomic E-state index is 11.8. The van der Waals surface area contributed by atoms with Crippen molar-refractivity contribution in [1.82, 2.24) is 9.97 Å². The topological polar surface area (TPSA) is 95.1 Å². The Morgan fingerprint density at radius 2 is 2.06 bits per heavy atom. The number of carboxylic acids is 1. The van der Waals surface area contributed by atoms with Crippen LogP contribution in [0.5, 0.6) is 0 Å². The van der Waals surface area contributed by atoms with Crippen molar-refractivity contribution in [1.29, 1.82) is 0 Å². The van der Waals surface area contributed by atoms with Crippen LogP contribution < -0.4 is 5.32 Å². The minimum Gasteiger partial charge on any atom is -0.478 e. The van der Waals surface area contributed by atoms with Gasteiger partial charge in [-0.2, -0.15) is 0 Å². The summed E-state index contributed by atoms with van der Waals surface area (Å²) in [7, 11) is 0. The fourth-order valence-corrected chi connectivity index (χ4v) is 1.50. The molecule has 0 bridgehead atoms. The highest BCUT2D eigenvalue weighted by atomic mass is 16.4. The highest BCUT2D eigenvalue weighted by Gasteiger charge is 2.13. The fraction of sp³-hybridized carbons (Fsp3) is 0.0833. The predicted octanol–water partition coefficient (Wildman–Crippen LogP) is 1.67. The first kappa shape index (κ1) is 11.8. The lowest BCUT2D eigenvalue weighted by Crippen LogP contribution is -2.15. The van der Waals surface area contributed by atoms with Crippen LogP contribution in [0.25, 0.3) is 0 Å². The molecule has 0 unspecified atom stereocenters. The number of benzene rings is 1. The van der Waals surface area contributed by atoms with Crippen molar-refractivity contribution < 1.29 is 14.7 Å². The molecule has 1 heterocycles. The van der Waals surface area contributed by atoms with E-state index in [2.05, 4.69) is 15.3 Å². The third-order valence-electron chi connectivity index (χ3n) is 2.35. The molecule has 92 valence electrons. The van der Waals surface area contributed by atoms with E-state index in [1.54, 1.807) is 19.1 Å². The zero-order valence-corrected chi connectivity index (χ0v) is 9.60. The number of carbonyl (C=O) groups excluding carboxylic acids is 1. The molecule has 0 aliphatic heterocycles. The Kier molecular flexibility index (Phi) is 3.09. The molecule has 0 aliphatic rings. The number of hydrogen-bond donors (Lipinski definition) is 3. The van der Waals surface area contributed by atoms with Gasteiger partial charge in [-0.15, -0.1) is 0 Å². The maximum Gasteiger partial charge on any atom is 0.337 e. The van der Waals surface area contributed by atoms with Gasteiger partial charge in [0.15, 0.2) is 0 Å². The summed E-state index contributed by atoms with van der Waals surface area (Å²) in [6.07, 6.45) is 1.40. The van der Waals surface area contributed by atoms with Crippen molar-refractivity contribution in [2.75, 3.05) is 5.32 Å². The summed E-state index contributed by atoms with van der Waals surface area (Å²) in [5.41, 5.74) is 0.581.